The van der Waals surface area contributed by atoms with E-state index in [2.05, 4.69) is 25.6 Å². The summed E-state index contributed by atoms with van der Waals surface area (Å²) in [4.78, 5) is 11.9. The third kappa shape index (κ3) is 7.27. The van der Waals surface area contributed by atoms with Crippen molar-refractivity contribution < 1.29 is 23.8 Å². The number of aliphatic hydroxyl groups excluding tert-OH is 1. The zero-order chi connectivity index (χ0) is 25.2. The highest BCUT2D eigenvalue weighted by molar-refractivity contribution is 5.87. The molecular formula is C30H33FO4. The summed E-state index contributed by atoms with van der Waals surface area (Å²) in [5.41, 5.74) is 4.93. The van der Waals surface area contributed by atoms with Crippen molar-refractivity contribution in [2.45, 2.75) is 46.1 Å². The third-order valence-corrected chi connectivity index (χ3v) is 5.76. The van der Waals surface area contributed by atoms with Crippen LogP contribution < -0.4 is 4.74 Å². The molecule has 0 atom stereocenters. The van der Waals surface area contributed by atoms with Crippen LogP contribution in [0.3, 0.4) is 0 Å². The Hall–Kier alpha value is -3.44. The van der Waals surface area contributed by atoms with E-state index < -0.39 is 5.97 Å². The van der Waals surface area contributed by atoms with E-state index in [-0.39, 0.29) is 31.2 Å². The highest BCUT2D eigenvalue weighted by Crippen LogP contribution is 2.33. The van der Waals surface area contributed by atoms with Crippen molar-refractivity contribution in [3.8, 4) is 28.0 Å². The van der Waals surface area contributed by atoms with Crippen molar-refractivity contribution in [3.63, 3.8) is 0 Å². The van der Waals surface area contributed by atoms with Crippen molar-refractivity contribution in [1.29, 1.82) is 0 Å². The summed E-state index contributed by atoms with van der Waals surface area (Å²) < 4.78 is 26.1. The Morgan fingerprint density at radius 2 is 1.69 bits per heavy atom. The molecule has 0 aliphatic heterocycles. The first-order valence-electron chi connectivity index (χ1n) is 12.0. The molecule has 35 heavy (non-hydrogen) atoms. The number of benzene rings is 3. The molecule has 0 saturated carbocycles. The number of carbonyl (C=O) groups excluding carboxylic acids is 1. The lowest BCUT2D eigenvalue weighted by molar-refractivity contribution is -0.140. The Bertz CT molecular complexity index is 1150. The van der Waals surface area contributed by atoms with E-state index in [1.54, 1.807) is 31.2 Å². The van der Waals surface area contributed by atoms with Gasteiger partial charge in [-0.2, -0.15) is 0 Å². The Morgan fingerprint density at radius 1 is 0.971 bits per heavy atom. The number of unbranched alkanes of at least 4 members (excludes halogenated alkanes) is 2. The average Bonchev–Trinajstić information content (AvgIpc) is 2.86. The van der Waals surface area contributed by atoms with Crippen LogP contribution in [0.25, 0.3) is 22.3 Å². The Balaban J connectivity index is 1.86. The van der Waals surface area contributed by atoms with E-state index in [1.165, 1.54) is 30.9 Å². The van der Waals surface area contributed by atoms with E-state index >= 15 is 4.39 Å². The molecule has 0 amide bonds. The van der Waals surface area contributed by atoms with Crippen LogP contribution in [0.2, 0.25) is 0 Å². The fourth-order valence-corrected chi connectivity index (χ4v) is 3.83. The first-order chi connectivity index (χ1) is 16.9. The van der Waals surface area contributed by atoms with Gasteiger partial charge in [0.2, 0.25) is 0 Å². The van der Waals surface area contributed by atoms with Crippen LogP contribution in [-0.2, 0) is 22.6 Å². The zero-order valence-corrected chi connectivity index (χ0v) is 20.5. The molecule has 3 aromatic rings. The van der Waals surface area contributed by atoms with Crippen molar-refractivity contribution >= 4 is 5.97 Å². The standard InChI is InChI=1S/C30H33FO4/c1-4-5-6-7-22-8-10-23(11-9-22)24-12-14-28(29(31)19-24)27-15-13-26(34-17-16-32)18-25(27)20-35-30(33)21(2)3/h8-15,18-19,32H,2,4-7,16-17,20H2,1,3H3. The minimum absolute atomic E-state index is 0.0575. The molecule has 0 aromatic heterocycles. The minimum atomic E-state index is -0.522. The maximum atomic E-state index is 15.3. The number of aryl methyl sites for hydroxylation is 1. The number of aliphatic hydroxyl groups is 1. The molecule has 0 spiro atoms. The number of carbonyl (C=O) groups is 1. The van der Waals surface area contributed by atoms with Crippen molar-refractivity contribution in [2.24, 2.45) is 0 Å². The molecular weight excluding hydrogens is 443 g/mol. The second-order valence-corrected chi connectivity index (χ2v) is 8.60. The van der Waals surface area contributed by atoms with Gasteiger partial charge in [0.05, 0.1) is 6.61 Å². The largest absolute Gasteiger partial charge is 0.491 e. The monoisotopic (exact) mass is 476 g/mol. The van der Waals surface area contributed by atoms with E-state index in [4.69, 9.17) is 14.6 Å². The van der Waals surface area contributed by atoms with Gasteiger partial charge in [0.25, 0.3) is 0 Å². The zero-order valence-electron chi connectivity index (χ0n) is 20.5. The van der Waals surface area contributed by atoms with E-state index in [1.807, 2.05) is 18.2 Å². The van der Waals surface area contributed by atoms with Gasteiger partial charge in [0, 0.05) is 16.7 Å². The van der Waals surface area contributed by atoms with Crippen LogP contribution in [0, 0.1) is 5.82 Å². The smallest absolute Gasteiger partial charge is 0.333 e. The predicted octanol–water partition coefficient (Wildman–Crippen LogP) is 6.88. The van der Waals surface area contributed by atoms with Crippen molar-refractivity contribution in [2.75, 3.05) is 13.2 Å². The molecule has 5 heteroatoms. The van der Waals surface area contributed by atoms with Gasteiger partial charge in [-0.05, 0) is 60.2 Å². The summed E-state index contributed by atoms with van der Waals surface area (Å²) in [5.74, 6) is -0.391. The van der Waals surface area contributed by atoms with Gasteiger partial charge >= 0.3 is 5.97 Å². The third-order valence-electron chi connectivity index (χ3n) is 5.76. The molecule has 0 aliphatic carbocycles. The number of rotatable bonds is 12. The highest BCUT2D eigenvalue weighted by atomic mass is 19.1. The van der Waals surface area contributed by atoms with Crippen LogP contribution in [0.15, 0.2) is 72.8 Å². The summed E-state index contributed by atoms with van der Waals surface area (Å²) in [6.45, 7) is 7.30. The number of hydrogen-bond donors (Lipinski definition) is 1. The molecule has 0 aliphatic rings. The second-order valence-electron chi connectivity index (χ2n) is 8.60. The molecule has 0 unspecified atom stereocenters. The first kappa shape index (κ1) is 26.2. The van der Waals surface area contributed by atoms with Crippen LogP contribution in [0.5, 0.6) is 5.75 Å². The van der Waals surface area contributed by atoms with Crippen molar-refractivity contribution in [3.05, 3.63) is 89.8 Å². The van der Waals surface area contributed by atoms with Gasteiger partial charge in [-0.25, -0.2) is 9.18 Å². The summed E-state index contributed by atoms with van der Waals surface area (Å²) in [5, 5.41) is 9.03. The maximum Gasteiger partial charge on any atom is 0.333 e. The molecule has 1 N–H and O–H groups in total. The van der Waals surface area contributed by atoms with E-state index in [9.17, 15) is 4.79 Å². The van der Waals surface area contributed by atoms with Crippen molar-refractivity contribution in [1.82, 2.24) is 0 Å². The summed E-state index contributed by atoms with van der Waals surface area (Å²) in [7, 11) is 0. The van der Waals surface area contributed by atoms with E-state index in [0.717, 1.165) is 17.5 Å². The number of ether oxygens (including phenoxy) is 2. The summed E-state index contributed by atoms with van der Waals surface area (Å²) in [6, 6.07) is 18.6. The molecule has 0 radical (unpaired) electrons. The fourth-order valence-electron chi connectivity index (χ4n) is 3.83. The Labute approximate surface area is 207 Å². The Morgan fingerprint density at radius 3 is 2.34 bits per heavy atom. The van der Waals surface area contributed by atoms with Gasteiger partial charge in [0.15, 0.2) is 0 Å². The molecule has 0 heterocycles. The molecule has 0 fully saturated rings. The quantitative estimate of drug-likeness (QED) is 0.176. The topological polar surface area (TPSA) is 55.8 Å². The lowest BCUT2D eigenvalue weighted by Gasteiger charge is -2.15. The molecule has 184 valence electrons. The summed E-state index contributed by atoms with van der Waals surface area (Å²) in [6.07, 6.45) is 4.64. The predicted molar refractivity (Wildman–Crippen MR) is 138 cm³/mol. The van der Waals surface area contributed by atoms with Gasteiger partial charge in [-0.1, -0.05) is 68.8 Å². The normalized spacial score (nSPS) is 10.7. The fraction of sp³-hybridized carbons (Fsp3) is 0.300. The Kier molecular flexibility index (Phi) is 9.62. The van der Waals surface area contributed by atoms with Crippen LogP contribution in [0.4, 0.5) is 4.39 Å². The molecule has 4 nitrogen and oxygen atoms in total. The second kappa shape index (κ2) is 12.9. The molecule has 0 saturated heterocycles. The van der Waals surface area contributed by atoms with Gasteiger partial charge in [0.1, 0.15) is 24.8 Å². The van der Waals surface area contributed by atoms with Crippen LogP contribution in [-0.4, -0.2) is 24.3 Å². The lowest BCUT2D eigenvalue weighted by atomic mass is 9.95. The number of hydrogen-bond acceptors (Lipinski definition) is 4. The lowest BCUT2D eigenvalue weighted by Crippen LogP contribution is -2.07. The summed E-state index contributed by atoms with van der Waals surface area (Å²) >= 11 is 0. The highest BCUT2D eigenvalue weighted by Gasteiger charge is 2.15. The average molecular weight is 477 g/mol. The van der Waals surface area contributed by atoms with Gasteiger partial charge in [-0.3, -0.25) is 0 Å². The van der Waals surface area contributed by atoms with Crippen LogP contribution >= 0.6 is 0 Å². The van der Waals surface area contributed by atoms with E-state index in [0.29, 0.717) is 22.4 Å². The SMILES string of the molecule is C=C(C)C(=O)OCc1cc(OCCO)ccc1-c1ccc(-c2ccc(CCCCC)cc2)cc1F. The number of halogens is 1. The van der Waals surface area contributed by atoms with Gasteiger partial charge in [-0.15, -0.1) is 0 Å². The molecule has 3 rings (SSSR count). The maximum absolute atomic E-state index is 15.3. The first-order valence-corrected chi connectivity index (χ1v) is 12.0. The minimum Gasteiger partial charge on any atom is -0.491 e. The van der Waals surface area contributed by atoms with Crippen LogP contribution in [0.1, 0.15) is 44.2 Å². The molecule has 0 bridgehead atoms. The van der Waals surface area contributed by atoms with Gasteiger partial charge < -0.3 is 14.6 Å². The number of esters is 1. The molecule has 3 aromatic carbocycles.